The van der Waals surface area contributed by atoms with Crippen LogP contribution in [0.1, 0.15) is 30.1 Å². The van der Waals surface area contributed by atoms with E-state index in [4.69, 9.17) is 0 Å². The maximum atomic E-state index is 11.2. The van der Waals surface area contributed by atoms with E-state index in [2.05, 4.69) is 6.07 Å². The lowest BCUT2D eigenvalue weighted by Crippen LogP contribution is -1.96. The minimum Gasteiger partial charge on any atom is -0.294 e. The second-order valence-corrected chi connectivity index (χ2v) is 2.45. The summed E-state index contributed by atoms with van der Waals surface area (Å²) < 4.78 is 0. The van der Waals surface area contributed by atoms with Crippen molar-refractivity contribution in [2.24, 2.45) is 0 Å². The van der Waals surface area contributed by atoms with Crippen LogP contribution >= 0.6 is 0 Å². The van der Waals surface area contributed by atoms with Crippen molar-refractivity contribution in [2.45, 2.75) is 19.8 Å². The van der Waals surface area contributed by atoms with Gasteiger partial charge in [0.15, 0.2) is 5.78 Å². The summed E-state index contributed by atoms with van der Waals surface area (Å²) in [5.41, 5.74) is 0.703. The van der Waals surface area contributed by atoms with E-state index in [1.807, 2.05) is 19.1 Å². The van der Waals surface area contributed by atoms with Crippen LogP contribution in [0, 0.1) is 6.07 Å². The number of hydrogen-bond donors (Lipinski definition) is 0. The fourth-order valence-electron chi connectivity index (χ4n) is 0.929. The molecule has 57 valence electrons. The van der Waals surface area contributed by atoms with Crippen LogP contribution in [0.3, 0.4) is 0 Å². The lowest BCUT2D eigenvalue weighted by molar-refractivity contribution is 0.0981. The van der Waals surface area contributed by atoms with Crippen LogP contribution < -0.4 is 0 Å². The summed E-state index contributed by atoms with van der Waals surface area (Å²) in [6.45, 7) is 2.00. The van der Waals surface area contributed by atoms with Crippen molar-refractivity contribution in [3.8, 4) is 0 Å². The minimum absolute atomic E-state index is 0.188. The molecule has 0 bridgehead atoms. The average molecular weight is 147 g/mol. The molecule has 1 nitrogen and oxygen atoms in total. The molecule has 1 aromatic rings. The van der Waals surface area contributed by atoms with Crippen LogP contribution in [0.2, 0.25) is 0 Å². The molecule has 0 saturated carbocycles. The van der Waals surface area contributed by atoms with Gasteiger partial charge in [-0.05, 0) is 12.5 Å². The van der Waals surface area contributed by atoms with Gasteiger partial charge in [-0.1, -0.05) is 31.2 Å². The molecule has 1 radical (unpaired) electrons. The highest BCUT2D eigenvalue weighted by Crippen LogP contribution is 2.03. The van der Waals surface area contributed by atoms with E-state index in [0.717, 1.165) is 6.42 Å². The number of hydrogen-bond acceptors (Lipinski definition) is 1. The number of rotatable bonds is 3. The summed E-state index contributed by atoms with van der Waals surface area (Å²) in [4.78, 5) is 11.2. The Kier molecular flexibility index (Phi) is 2.84. The number of ketones is 1. The lowest BCUT2D eigenvalue weighted by Gasteiger charge is -1.95. The van der Waals surface area contributed by atoms with Crippen molar-refractivity contribution < 1.29 is 4.79 Å². The van der Waals surface area contributed by atoms with E-state index < -0.39 is 0 Å². The molecule has 1 rings (SSSR count). The quantitative estimate of drug-likeness (QED) is 0.600. The van der Waals surface area contributed by atoms with E-state index in [1.54, 1.807) is 12.1 Å². The second-order valence-electron chi connectivity index (χ2n) is 2.45. The molecule has 0 aliphatic carbocycles. The topological polar surface area (TPSA) is 17.1 Å². The summed E-state index contributed by atoms with van der Waals surface area (Å²) in [6.07, 6.45) is 1.53. The van der Waals surface area contributed by atoms with Crippen molar-refractivity contribution in [3.05, 3.63) is 35.9 Å². The summed E-state index contributed by atoms with van der Waals surface area (Å²) in [5, 5.41) is 0. The Morgan fingerprint density at radius 3 is 2.91 bits per heavy atom. The molecule has 11 heavy (non-hydrogen) atoms. The van der Waals surface area contributed by atoms with Gasteiger partial charge in [0.2, 0.25) is 0 Å². The number of carbonyl (C=O) groups is 1. The normalized spacial score (nSPS) is 9.55. The first-order valence-electron chi connectivity index (χ1n) is 3.84. The molecule has 0 saturated heterocycles. The minimum atomic E-state index is 0.188. The summed E-state index contributed by atoms with van der Waals surface area (Å²) in [5.74, 6) is 0.188. The van der Waals surface area contributed by atoms with Crippen LogP contribution in [-0.4, -0.2) is 5.78 Å². The molecule has 1 aromatic carbocycles. The van der Waals surface area contributed by atoms with Crippen LogP contribution in [0.4, 0.5) is 0 Å². The Morgan fingerprint density at radius 1 is 1.55 bits per heavy atom. The van der Waals surface area contributed by atoms with Gasteiger partial charge in [-0.15, -0.1) is 0 Å². The molecule has 0 atom stereocenters. The second kappa shape index (κ2) is 3.91. The monoisotopic (exact) mass is 147 g/mol. The third-order valence-corrected chi connectivity index (χ3v) is 1.49. The van der Waals surface area contributed by atoms with Gasteiger partial charge in [0, 0.05) is 12.0 Å². The van der Waals surface area contributed by atoms with Crippen molar-refractivity contribution in [2.75, 3.05) is 0 Å². The molecule has 0 spiro atoms. The Hall–Kier alpha value is -1.11. The van der Waals surface area contributed by atoms with Gasteiger partial charge < -0.3 is 0 Å². The fraction of sp³-hybridized carbons (Fsp3) is 0.300. The van der Waals surface area contributed by atoms with Gasteiger partial charge in [0.25, 0.3) is 0 Å². The van der Waals surface area contributed by atoms with Gasteiger partial charge in [-0.25, -0.2) is 0 Å². The van der Waals surface area contributed by atoms with Crippen molar-refractivity contribution in [1.29, 1.82) is 0 Å². The van der Waals surface area contributed by atoms with Crippen LogP contribution in [0.5, 0.6) is 0 Å². The van der Waals surface area contributed by atoms with Crippen LogP contribution in [0.15, 0.2) is 24.3 Å². The molecule has 0 N–H and O–H groups in total. The van der Waals surface area contributed by atoms with Crippen molar-refractivity contribution in [1.82, 2.24) is 0 Å². The Bertz CT molecular complexity index is 226. The first-order chi connectivity index (χ1) is 5.34. The van der Waals surface area contributed by atoms with E-state index in [-0.39, 0.29) is 5.78 Å². The SMILES string of the molecule is CCCC(=O)c1[c]cccc1. The van der Waals surface area contributed by atoms with Crippen LogP contribution in [-0.2, 0) is 0 Å². The van der Waals surface area contributed by atoms with E-state index >= 15 is 0 Å². The summed E-state index contributed by atoms with van der Waals surface area (Å²) in [6, 6.07) is 10.2. The van der Waals surface area contributed by atoms with E-state index in [9.17, 15) is 4.79 Å². The molecule has 0 fully saturated rings. The molecule has 0 amide bonds. The third kappa shape index (κ3) is 2.19. The molecule has 0 unspecified atom stereocenters. The van der Waals surface area contributed by atoms with E-state index in [1.165, 1.54) is 0 Å². The molecule has 0 aromatic heterocycles. The zero-order valence-electron chi connectivity index (χ0n) is 6.63. The van der Waals surface area contributed by atoms with Gasteiger partial charge in [-0.2, -0.15) is 0 Å². The van der Waals surface area contributed by atoms with Gasteiger partial charge in [0.05, 0.1) is 0 Å². The highest BCUT2D eigenvalue weighted by Gasteiger charge is 2.01. The van der Waals surface area contributed by atoms with Crippen molar-refractivity contribution >= 4 is 5.78 Å². The third-order valence-electron chi connectivity index (χ3n) is 1.49. The van der Waals surface area contributed by atoms with E-state index in [0.29, 0.717) is 12.0 Å². The zero-order chi connectivity index (χ0) is 8.10. The van der Waals surface area contributed by atoms with Gasteiger partial charge >= 0.3 is 0 Å². The first-order valence-corrected chi connectivity index (χ1v) is 3.84. The molecule has 0 aliphatic rings. The summed E-state index contributed by atoms with van der Waals surface area (Å²) >= 11 is 0. The average Bonchev–Trinajstić information content (AvgIpc) is 2.07. The molecule has 0 heterocycles. The predicted molar refractivity (Wildman–Crippen MR) is 44.5 cm³/mol. The standard InChI is InChI=1S/C10H11O/c1-2-6-10(11)9-7-4-3-5-8-9/h3-5,7H,2,6H2,1H3. The maximum absolute atomic E-state index is 11.2. The van der Waals surface area contributed by atoms with Crippen LogP contribution in [0.25, 0.3) is 0 Å². The Labute approximate surface area is 67.1 Å². The highest BCUT2D eigenvalue weighted by atomic mass is 16.1. The number of benzene rings is 1. The Morgan fingerprint density at radius 2 is 2.36 bits per heavy atom. The largest absolute Gasteiger partial charge is 0.294 e. The molecule has 0 aliphatic heterocycles. The zero-order valence-corrected chi connectivity index (χ0v) is 6.63. The number of carbonyl (C=O) groups excluding carboxylic acids is 1. The summed E-state index contributed by atoms with van der Waals surface area (Å²) in [7, 11) is 0. The Balaban J connectivity index is 2.69. The van der Waals surface area contributed by atoms with Gasteiger partial charge in [0.1, 0.15) is 0 Å². The smallest absolute Gasteiger partial charge is 0.163 e. The van der Waals surface area contributed by atoms with Crippen molar-refractivity contribution in [3.63, 3.8) is 0 Å². The first kappa shape index (κ1) is 7.99. The molecule has 1 heteroatoms. The predicted octanol–water partition coefficient (Wildman–Crippen LogP) is 2.47. The number of Topliss-reactive ketones (excluding diaryl/α,β-unsaturated/α-hetero) is 1. The molecular weight excluding hydrogens is 136 g/mol. The molecular formula is C10H11O. The maximum Gasteiger partial charge on any atom is 0.163 e. The van der Waals surface area contributed by atoms with Gasteiger partial charge in [-0.3, -0.25) is 4.79 Å². The highest BCUT2D eigenvalue weighted by molar-refractivity contribution is 5.95. The lowest BCUT2D eigenvalue weighted by atomic mass is 10.1. The fourth-order valence-corrected chi connectivity index (χ4v) is 0.929.